The van der Waals surface area contributed by atoms with Gasteiger partial charge in [-0.1, -0.05) is 53.5 Å². The third-order valence-corrected chi connectivity index (χ3v) is 4.50. The molecule has 0 aromatic carbocycles. The minimum absolute atomic E-state index is 0. The second-order valence-electron chi connectivity index (χ2n) is 7.79. The fraction of sp³-hybridized carbons (Fsp3) is 0.640. The predicted molar refractivity (Wildman–Crippen MR) is 127 cm³/mol. The molecule has 0 aromatic rings. The number of esters is 1. The Bertz CT molecular complexity index is 576. The van der Waals surface area contributed by atoms with Crippen LogP contribution in [0.3, 0.4) is 0 Å². The molecule has 0 spiro atoms. The molecule has 0 aliphatic rings. The Labute approximate surface area is 216 Å². The first-order valence-corrected chi connectivity index (χ1v) is 10.9. The van der Waals surface area contributed by atoms with Gasteiger partial charge in [0.2, 0.25) is 0 Å². The van der Waals surface area contributed by atoms with Crippen LogP contribution in [0.15, 0.2) is 46.6 Å². The van der Waals surface area contributed by atoms with Gasteiger partial charge in [0.25, 0.3) is 0 Å². The molecule has 0 aliphatic carbocycles. The van der Waals surface area contributed by atoms with Gasteiger partial charge in [0, 0.05) is 39.3 Å². The van der Waals surface area contributed by atoms with Crippen LogP contribution in [-0.2, 0) is 42.2 Å². The Morgan fingerprint density at radius 1 is 0.839 bits per heavy atom. The molecule has 31 heavy (non-hydrogen) atoms. The average molecular weight is 513 g/mol. The van der Waals surface area contributed by atoms with Crippen LogP contribution in [0, 0.1) is 0 Å². The second-order valence-corrected chi connectivity index (χ2v) is 7.79. The summed E-state index contributed by atoms with van der Waals surface area (Å²) in [6, 6.07) is 0. The van der Waals surface area contributed by atoms with E-state index in [0.29, 0.717) is 6.54 Å². The fourth-order valence-corrected chi connectivity index (χ4v) is 2.47. The maximum Gasteiger partial charge on any atom is 0.322 e. The summed E-state index contributed by atoms with van der Waals surface area (Å²) in [5.74, 6) is -0.431. The molecule has 1 radical (unpaired) electrons. The molecule has 0 aliphatic heterocycles. The Balaban J connectivity index is -0.000000662. The molecule has 177 valence electrons. The van der Waals surface area contributed by atoms with E-state index in [4.69, 9.17) is 10.3 Å². The standard InChI is InChI=1S/C20H34O.C5H11NO3.Y/c1-17(2)9-6-10-18(3)11-7-12-19(4)13-8-14-20(5)15-16-21;1-3-6(8)4-5(7)9-2;/h9,11,13,15,21H,6-8,10,12,14,16H2,1-5H3;8H,3-4H2,1-2H3;/b18-11+,19-13+,20-15+;;. The number of nitrogens with zero attached hydrogens (tertiary/aromatic N) is 1. The van der Waals surface area contributed by atoms with Crippen molar-refractivity contribution in [3.05, 3.63) is 46.6 Å². The second kappa shape index (κ2) is 24.1. The van der Waals surface area contributed by atoms with Crippen LogP contribution in [0.2, 0.25) is 0 Å². The Morgan fingerprint density at radius 2 is 1.26 bits per heavy atom. The van der Waals surface area contributed by atoms with Crippen LogP contribution >= 0.6 is 0 Å². The van der Waals surface area contributed by atoms with Gasteiger partial charge in [0.05, 0.1) is 13.7 Å². The zero-order valence-corrected chi connectivity index (χ0v) is 23.7. The van der Waals surface area contributed by atoms with Crippen molar-refractivity contribution in [2.45, 2.75) is 80.1 Å². The number of ether oxygens (including phenoxy) is 1. The van der Waals surface area contributed by atoms with Crippen molar-refractivity contribution >= 4 is 5.97 Å². The fourth-order valence-electron chi connectivity index (χ4n) is 2.47. The van der Waals surface area contributed by atoms with Gasteiger partial charge >= 0.3 is 5.97 Å². The molecule has 5 nitrogen and oxygen atoms in total. The topological polar surface area (TPSA) is 70.0 Å². The largest absolute Gasteiger partial charge is 0.468 e. The molecule has 0 amide bonds. The molecule has 0 unspecified atom stereocenters. The van der Waals surface area contributed by atoms with Gasteiger partial charge < -0.3 is 15.1 Å². The van der Waals surface area contributed by atoms with E-state index in [0.717, 1.165) is 37.2 Å². The number of hydrogen-bond donors (Lipinski definition) is 2. The first-order chi connectivity index (χ1) is 14.2. The van der Waals surface area contributed by atoms with Gasteiger partial charge in [-0.3, -0.25) is 4.79 Å². The Morgan fingerprint density at radius 3 is 1.61 bits per heavy atom. The van der Waals surface area contributed by atoms with Gasteiger partial charge in [-0.2, -0.15) is 5.06 Å². The van der Waals surface area contributed by atoms with Crippen LogP contribution in [0.4, 0.5) is 0 Å². The van der Waals surface area contributed by atoms with Gasteiger partial charge in [-0.05, 0) is 73.1 Å². The van der Waals surface area contributed by atoms with Crippen molar-refractivity contribution in [1.29, 1.82) is 0 Å². The average Bonchev–Trinajstić information content (AvgIpc) is 2.68. The maximum absolute atomic E-state index is 10.4. The molecule has 0 heterocycles. The van der Waals surface area contributed by atoms with E-state index >= 15 is 0 Å². The summed E-state index contributed by atoms with van der Waals surface area (Å²) in [4.78, 5) is 10.4. The number of carbonyl (C=O) groups excluding carboxylic acids is 1. The number of aliphatic hydroxyl groups excluding tert-OH is 1. The summed E-state index contributed by atoms with van der Waals surface area (Å²) in [5.41, 5.74) is 5.66. The van der Waals surface area contributed by atoms with Gasteiger partial charge in [-0.25, -0.2) is 0 Å². The molecular formula is C25H45NO4Y. The molecule has 0 saturated heterocycles. The number of hydrogen-bond acceptors (Lipinski definition) is 5. The Kier molecular flexibility index (Phi) is 27.2. The van der Waals surface area contributed by atoms with Gasteiger partial charge in [-0.15, -0.1) is 0 Å². The molecule has 6 heteroatoms. The van der Waals surface area contributed by atoms with Gasteiger partial charge in [0.15, 0.2) is 0 Å². The number of rotatable bonds is 13. The minimum atomic E-state index is -0.431. The number of likely N-dealkylation sites (N-methyl/N-ethyl adjacent to an activating group) is 1. The predicted octanol–water partition coefficient (Wildman–Crippen LogP) is 5.99. The van der Waals surface area contributed by atoms with Crippen molar-refractivity contribution in [3.63, 3.8) is 0 Å². The smallest absolute Gasteiger partial charge is 0.322 e. The molecule has 0 atom stereocenters. The number of methoxy groups -OCH3 is 1. The van der Waals surface area contributed by atoms with Crippen LogP contribution in [0.1, 0.15) is 80.1 Å². The zero-order chi connectivity index (χ0) is 23.4. The van der Waals surface area contributed by atoms with Crippen molar-refractivity contribution in [2.24, 2.45) is 0 Å². The summed E-state index contributed by atoms with van der Waals surface area (Å²) in [6.07, 6.45) is 15.7. The summed E-state index contributed by atoms with van der Waals surface area (Å²) in [5, 5.41) is 18.4. The number of hydroxylamine groups is 2. The Hall–Kier alpha value is -0.586. The zero-order valence-electron chi connectivity index (χ0n) is 20.9. The quantitative estimate of drug-likeness (QED) is 0.180. The van der Waals surface area contributed by atoms with E-state index < -0.39 is 5.97 Å². The normalized spacial score (nSPS) is 12.0. The van der Waals surface area contributed by atoms with E-state index in [-0.39, 0.29) is 45.9 Å². The SMILES string of the molecule is CC(C)=CCC/C(C)=C/CC/C(C)=C/CC/C(C)=C/CO.CCN(O)CC(=O)OC.[Y]. The molecule has 0 bridgehead atoms. The number of allylic oxidation sites excluding steroid dienone is 7. The molecule has 0 aromatic heterocycles. The third-order valence-electron chi connectivity index (χ3n) is 4.50. The molecule has 0 rings (SSSR count). The van der Waals surface area contributed by atoms with Crippen LogP contribution in [0.25, 0.3) is 0 Å². The molecular weight excluding hydrogens is 467 g/mol. The van der Waals surface area contributed by atoms with Crippen LogP contribution in [-0.4, -0.2) is 48.2 Å². The van der Waals surface area contributed by atoms with Crippen LogP contribution in [0.5, 0.6) is 0 Å². The van der Waals surface area contributed by atoms with E-state index in [2.05, 4.69) is 57.6 Å². The number of carbonyl (C=O) groups is 1. The minimum Gasteiger partial charge on any atom is -0.468 e. The van der Waals surface area contributed by atoms with Crippen molar-refractivity contribution in [2.75, 3.05) is 26.8 Å². The maximum atomic E-state index is 10.4. The van der Waals surface area contributed by atoms with E-state index in [1.165, 1.54) is 35.8 Å². The number of aliphatic hydroxyl groups is 1. The summed E-state index contributed by atoms with van der Waals surface area (Å²) in [7, 11) is 1.28. The molecule has 2 N–H and O–H groups in total. The molecule has 0 saturated carbocycles. The third kappa shape index (κ3) is 27.4. The summed E-state index contributed by atoms with van der Waals surface area (Å²) < 4.78 is 4.28. The van der Waals surface area contributed by atoms with Gasteiger partial charge in [0.1, 0.15) is 6.54 Å². The monoisotopic (exact) mass is 512 g/mol. The molecule has 0 fully saturated rings. The van der Waals surface area contributed by atoms with E-state index in [1.54, 1.807) is 6.92 Å². The van der Waals surface area contributed by atoms with Crippen molar-refractivity contribution < 1.29 is 52.6 Å². The first-order valence-electron chi connectivity index (χ1n) is 10.9. The van der Waals surface area contributed by atoms with Crippen LogP contribution < -0.4 is 0 Å². The van der Waals surface area contributed by atoms with Crippen molar-refractivity contribution in [1.82, 2.24) is 5.06 Å². The first kappa shape index (κ1) is 35.0. The van der Waals surface area contributed by atoms with E-state index in [9.17, 15) is 4.79 Å². The summed E-state index contributed by atoms with van der Waals surface area (Å²) >= 11 is 0. The summed E-state index contributed by atoms with van der Waals surface area (Å²) in [6.45, 7) is 13.1. The van der Waals surface area contributed by atoms with Crippen molar-refractivity contribution in [3.8, 4) is 0 Å². The van der Waals surface area contributed by atoms with E-state index in [1.807, 2.05) is 6.08 Å².